The van der Waals surface area contributed by atoms with Crippen LogP contribution in [0.4, 0.5) is 0 Å². The molecule has 0 amide bonds. The van der Waals surface area contributed by atoms with E-state index in [0.717, 1.165) is 43.0 Å². The maximum atomic E-state index is 3.81. The molecule has 0 aromatic heterocycles. The van der Waals surface area contributed by atoms with E-state index in [9.17, 15) is 0 Å². The van der Waals surface area contributed by atoms with Crippen molar-refractivity contribution in [3.8, 4) is 45.9 Å². The van der Waals surface area contributed by atoms with Gasteiger partial charge in [0.05, 0.1) is 0 Å². The minimum absolute atomic E-state index is 0.898. The molecule has 0 unspecified atom stereocenters. The smallest absolute Gasteiger partial charge is 0.0989 e. The van der Waals surface area contributed by atoms with Crippen molar-refractivity contribution in [2.75, 3.05) is 0 Å². The maximum absolute atomic E-state index is 3.81. The molecule has 0 radical (unpaired) electrons. The van der Waals surface area contributed by atoms with Crippen LogP contribution in [0.15, 0.2) is 170 Å². The van der Waals surface area contributed by atoms with Gasteiger partial charge in [-0.25, -0.2) is 0 Å². The summed E-state index contributed by atoms with van der Waals surface area (Å²) in [7, 11) is -5.84. The highest BCUT2D eigenvalue weighted by molar-refractivity contribution is 7.14. The lowest BCUT2D eigenvalue weighted by Crippen LogP contribution is -2.57. The number of rotatable bonds is 4. The van der Waals surface area contributed by atoms with Gasteiger partial charge in [0.15, 0.2) is 0 Å². The topological polar surface area (TPSA) is 0 Å². The van der Waals surface area contributed by atoms with Crippen LogP contribution in [0.3, 0.4) is 0 Å². The molecule has 212 valence electrons. The Morgan fingerprint density at radius 3 is 0.652 bits per heavy atom. The summed E-state index contributed by atoms with van der Waals surface area (Å²) in [5.41, 5.74) is 18.8. The summed E-state index contributed by atoms with van der Waals surface area (Å²) in [6.45, 7) is 0. The van der Waals surface area contributed by atoms with E-state index in [1.165, 1.54) is 0 Å². The highest BCUT2D eigenvalue weighted by Crippen LogP contribution is 2.14. The first-order valence-electron chi connectivity index (χ1n) is 15.3. The van der Waals surface area contributed by atoms with E-state index in [1.54, 1.807) is 0 Å². The van der Waals surface area contributed by atoms with E-state index < -0.39 is 16.1 Å². The lowest BCUT2D eigenvalue weighted by molar-refractivity contribution is 1.59. The molecule has 0 nitrogen and oxygen atoms in total. The van der Waals surface area contributed by atoms with Crippen molar-refractivity contribution in [1.82, 2.24) is 0 Å². The second-order valence-electron chi connectivity index (χ2n) is 11.1. The summed E-state index contributed by atoms with van der Waals surface area (Å²) in [5.74, 6) is 14.5. The molecule has 1 heterocycles. The van der Waals surface area contributed by atoms with Crippen molar-refractivity contribution in [2.45, 2.75) is 0 Å². The number of hydrogen-bond donors (Lipinski definition) is 0. The van der Waals surface area contributed by atoms with Gasteiger partial charge in [-0.1, -0.05) is 191 Å². The van der Waals surface area contributed by atoms with Gasteiger partial charge in [-0.3, -0.25) is 0 Å². The van der Waals surface area contributed by atoms with Crippen molar-refractivity contribution in [1.29, 1.82) is 0 Å². The summed E-state index contributed by atoms with van der Waals surface area (Å²) >= 11 is 0. The lowest BCUT2D eigenvalue weighted by Gasteiger charge is -2.22. The fraction of sp³-hybridized carbons (Fsp3) is 0. The van der Waals surface area contributed by atoms with Gasteiger partial charge in [-0.2, -0.15) is 0 Å². The zero-order chi connectivity index (χ0) is 31.1. The third kappa shape index (κ3) is 5.64. The van der Waals surface area contributed by atoms with E-state index in [0.29, 0.717) is 0 Å². The molecule has 0 spiro atoms. The fourth-order valence-corrected chi connectivity index (χ4v) is 11.8. The van der Waals surface area contributed by atoms with Gasteiger partial charge < -0.3 is 0 Å². The van der Waals surface area contributed by atoms with E-state index >= 15 is 0 Å². The Morgan fingerprint density at radius 1 is 0.239 bits per heavy atom. The standard InChI is InChI=1S/C44H28Si2/c1-5-21-41(22-6-1)45(42-23-7-2-8-24-42)33-29-37-17-13-15-19-39(37)31-35-46(43-25-9-3-10-26-43,44-27-11-4-12-28-44)36-32-40-20-16-14-18-38(40)30-34-45/h1-28H. The van der Waals surface area contributed by atoms with Crippen molar-refractivity contribution in [3.63, 3.8) is 0 Å². The van der Waals surface area contributed by atoms with Crippen LogP contribution in [0.1, 0.15) is 22.3 Å². The third-order valence-electron chi connectivity index (χ3n) is 8.22. The molecule has 0 bridgehead atoms. The molecular formula is C44H28Si2. The Hall–Kier alpha value is -6.01. The summed E-state index contributed by atoms with van der Waals surface area (Å²) in [6, 6.07) is 58.6. The summed E-state index contributed by atoms with van der Waals surface area (Å²) in [4.78, 5) is 0. The number of fused-ring (bicyclic) bond motifs is 2. The van der Waals surface area contributed by atoms with Gasteiger partial charge in [0.1, 0.15) is 0 Å². The van der Waals surface area contributed by atoms with Gasteiger partial charge in [0.25, 0.3) is 16.1 Å². The second kappa shape index (κ2) is 12.9. The van der Waals surface area contributed by atoms with Gasteiger partial charge in [0, 0.05) is 22.3 Å². The fourth-order valence-electron chi connectivity index (χ4n) is 5.77. The number of hydrogen-bond acceptors (Lipinski definition) is 0. The van der Waals surface area contributed by atoms with Crippen LogP contribution in [0.25, 0.3) is 0 Å². The average Bonchev–Trinajstić information content (AvgIpc) is 3.14. The highest BCUT2D eigenvalue weighted by atomic mass is 28.3. The van der Waals surface area contributed by atoms with E-state index in [-0.39, 0.29) is 0 Å². The first-order valence-corrected chi connectivity index (χ1v) is 19.3. The SMILES string of the molecule is C1#C[Si](c2ccccc2)(c2ccccc2)C#Cc2ccccc2C#C[Si](c2ccccc2)(c2ccccc2)C#Cc2ccccc21. The monoisotopic (exact) mass is 612 g/mol. The molecule has 0 saturated heterocycles. The van der Waals surface area contributed by atoms with Crippen LogP contribution in [0.5, 0.6) is 0 Å². The Labute approximate surface area is 273 Å². The van der Waals surface area contributed by atoms with Gasteiger partial charge in [-0.15, -0.1) is 0 Å². The normalized spacial score (nSPS) is 13.6. The van der Waals surface area contributed by atoms with Crippen molar-refractivity contribution in [2.24, 2.45) is 0 Å². The molecule has 0 fully saturated rings. The van der Waals surface area contributed by atoms with Crippen LogP contribution in [-0.2, 0) is 0 Å². The Bertz CT molecular complexity index is 1930. The zero-order valence-electron chi connectivity index (χ0n) is 25.2. The molecule has 1 aliphatic rings. The van der Waals surface area contributed by atoms with Crippen LogP contribution < -0.4 is 20.7 Å². The van der Waals surface area contributed by atoms with Gasteiger partial charge in [0.2, 0.25) is 0 Å². The molecule has 2 heteroatoms. The van der Waals surface area contributed by atoms with Gasteiger partial charge in [-0.05, 0) is 45.0 Å². The first kappa shape index (κ1) is 28.7. The lowest BCUT2D eigenvalue weighted by atomic mass is 10.1. The summed E-state index contributed by atoms with van der Waals surface area (Å²) < 4.78 is 0. The quantitative estimate of drug-likeness (QED) is 0.183. The van der Waals surface area contributed by atoms with Gasteiger partial charge >= 0.3 is 0 Å². The van der Waals surface area contributed by atoms with Crippen LogP contribution in [-0.4, -0.2) is 16.1 Å². The van der Waals surface area contributed by atoms with Crippen LogP contribution >= 0.6 is 0 Å². The van der Waals surface area contributed by atoms with Crippen LogP contribution in [0.2, 0.25) is 0 Å². The second-order valence-corrected chi connectivity index (χ2v) is 17.4. The first-order chi connectivity index (χ1) is 22.8. The Balaban J connectivity index is 1.58. The average molecular weight is 613 g/mol. The molecule has 7 rings (SSSR count). The van der Waals surface area contributed by atoms with Crippen molar-refractivity contribution in [3.05, 3.63) is 192 Å². The molecule has 0 N–H and O–H groups in total. The Kier molecular flexibility index (Phi) is 8.08. The minimum Gasteiger partial charge on any atom is -0.0989 e. The van der Waals surface area contributed by atoms with E-state index in [1.807, 2.05) is 48.5 Å². The largest absolute Gasteiger partial charge is 0.276 e. The maximum Gasteiger partial charge on any atom is 0.276 e. The minimum atomic E-state index is -2.92. The molecule has 6 aromatic rings. The van der Waals surface area contributed by atoms with Crippen molar-refractivity contribution >= 4 is 36.9 Å². The van der Waals surface area contributed by atoms with E-state index in [4.69, 9.17) is 0 Å². The third-order valence-corrected chi connectivity index (χ3v) is 15.0. The summed E-state index contributed by atoms with van der Waals surface area (Å²) in [5, 5.41) is 4.61. The van der Waals surface area contributed by atoms with Crippen molar-refractivity contribution < 1.29 is 0 Å². The number of benzene rings is 6. The predicted molar refractivity (Wildman–Crippen MR) is 196 cm³/mol. The molecule has 0 aliphatic carbocycles. The molecular weight excluding hydrogens is 585 g/mol. The predicted octanol–water partition coefficient (Wildman–Crippen LogP) is 5.49. The molecule has 1 aliphatic heterocycles. The van der Waals surface area contributed by atoms with E-state index in [2.05, 4.69) is 167 Å². The Morgan fingerprint density at radius 2 is 0.435 bits per heavy atom. The van der Waals surface area contributed by atoms with Crippen LogP contribution in [0, 0.1) is 45.9 Å². The zero-order valence-corrected chi connectivity index (χ0v) is 27.2. The highest BCUT2D eigenvalue weighted by Gasteiger charge is 2.36. The summed E-state index contributed by atoms with van der Waals surface area (Å²) in [6.07, 6.45) is 0. The molecule has 0 saturated carbocycles. The molecule has 0 atom stereocenters. The molecule has 6 aromatic carbocycles. The molecule has 46 heavy (non-hydrogen) atoms.